The first-order valence-corrected chi connectivity index (χ1v) is 6.01. The van der Waals surface area contributed by atoms with Crippen LogP contribution in [0.25, 0.3) is 0 Å². The summed E-state index contributed by atoms with van der Waals surface area (Å²) in [5.74, 6) is -0.0184. The van der Waals surface area contributed by atoms with Gasteiger partial charge in [-0.25, -0.2) is 0 Å². The summed E-state index contributed by atoms with van der Waals surface area (Å²) < 4.78 is 10.5. The van der Waals surface area contributed by atoms with Crippen LogP contribution in [0.15, 0.2) is 48.5 Å². The van der Waals surface area contributed by atoms with Crippen LogP contribution < -0.4 is 20.8 Å². The van der Waals surface area contributed by atoms with Crippen molar-refractivity contribution in [1.82, 2.24) is 0 Å². The monoisotopic (exact) mass is 283 g/mol. The number of carbonyl (C=O) groups is 2. The van der Waals surface area contributed by atoms with Gasteiger partial charge in [0.05, 0.1) is 0 Å². The molecule has 1 radical (unpaired) electrons. The topological polar surface area (TPSA) is 105 Å². The van der Waals surface area contributed by atoms with Crippen LogP contribution in [0.5, 0.6) is 11.5 Å². The second-order valence-corrected chi connectivity index (χ2v) is 4.11. The quantitative estimate of drug-likeness (QED) is 0.767. The minimum absolute atomic E-state index is 0.394. The second kappa shape index (κ2) is 6.47. The van der Waals surface area contributed by atoms with E-state index in [0.717, 1.165) is 7.69 Å². The molecular weight excluding hydrogens is 271 g/mol. The van der Waals surface area contributed by atoms with Crippen LogP contribution >= 0.6 is 0 Å². The summed E-state index contributed by atoms with van der Waals surface area (Å²) in [6.45, 7) is 0. The standard InChI is InChI=1S/C14H12BN2O4/c16-13(18)9-1-5-11(6-2-9)20-15-21-12-7-3-10(4-8-12)14(17)19/h1-8H,(H2,16,18)(H2,17,19). The minimum atomic E-state index is -0.503. The fraction of sp³-hybridized carbons (Fsp3) is 0. The van der Waals surface area contributed by atoms with Crippen molar-refractivity contribution in [2.45, 2.75) is 0 Å². The highest BCUT2D eigenvalue weighted by Crippen LogP contribution is 2.14. The normalized spacial score (nSPS) is 9.71. The van der Waals surface area contributed by atoms with Crippen molar-refractivity contribution >= 4 is 19.5 Å². The second-order valence-electron chi connectivity index (χ2n) is 4.11. The zero-order valence-electron chi connectivity index (χ0n) is 11.0. The summed E-state index contributed by atoms with van der Waals surface area (Å²) in [5, 5.41) is 0. The highest BCUT2D eigenvalue weighted by atomic mass is 16.6. The number of rotatable bonds is 6. The number of nitrogens with two attached hydrogens (primary N) is 2. The molecule has 21 heavy (non-hydrogen) atoms. The summed E-state index contributed by atoms with van der Waals surface area (Å²) in [6, 6.07) is 12.6. The maximum Gasteiger partial charge on any atom is 0.658 e. The van der Waals surface area contributed by atoms with Gasteiger partial charge in [0, 0.05) is 11.1 Å². The van der Waals surface area contributed by atoms with Gasteiger partial charge in [-0.2, -0.15) is 0 Å². The third-order valence-corrected chi connectivity index (χ3v) is 2.65. The van der Waals surface area contributed by atoms with E-state index in [-0.39, 0.29) is 0 Å². The van der Waals surface area contributed by atoms with E-state index in [4.69, 9.17) is 20.8 Å². The molecule has 4 N–H and O–H groups in total. The van der Waals surface area contributed by atoms with Gasteiger partial charge in [-0.3, -0.25) is 9.59 Å². The van der Waals surface area contributed by atoms with E-state index >= 15 is 0 Å². The van der Waals surface area contributed by atoms with Gasteiger partial charge in [-0.15, -0.1) is 0 Å². The zero-order chi connectivity index (χ0) is 15.2. The van der Waals surface area contributed by atoms with Crippen LogP contribution in [-0.2, 0) is 0 Å². The molecule has 2 aromatic carbocycles. The number of carbonyl (C=O) groups excluding carboxylic acids is 2. The number of hydrogen-bond acceptors (Lipinski definition) is 4. The van der Waals surface area contributed by atoms with Crippen molar-refractivity contribution in [2.24, 2.45) is 11.5 Å². The number of hydrogen-bond donors (Lipinski definition) is 2. The van der Waals surface area contributed by atoms with Crippen LogP contribution in [0.1, 0.15) is 20.7 Å². The van der Waals surface area contributed by atoms with E-state index in [1.165, 1.54) is 0 Å². The van der Waals surface area contributed by atoms with E-state index in [0.29, 0.717) is 22.6 Å². The molecule has 2 rings (SSSR count). The Balaban J connectivity index is 1.86. The van der Waals surface area contributed by atoms with Gasteiger partial charge in [-0.05, 0) is 48.5 Å². The average Bonchev–Trinajstić information content (AvgIpc) is 2.48. The Labute approximate surface area is 122 Å². The third kappa shape index (κ3) is 4.00. The molecular formula is C14H12BN2O4. The number of amides is 2. The molecule has 105 valence electrons. The lowest BCUT2D eigenvalue weighted by Crippen LogP contribution is -2.13. The van der Waals surface area contributed by atoms with E-state index in [9.17, 15) is 9.59 Å². The van der Waals surface area contributed by atoms with Crippen LogP contribution in [0, 0.1) is 0 Å². The van der Waals surface area contributed by atoms with Crippen molar-refractivity contribution in [3.05, 3.63) is 59.7 Å². The fourth-order valence-corrected chi connectivity index (χ4v) is 1.53. The van der Waals surface area contributed by atoms with Crippen molar-refractivity contribution in [1.29, 1.82) is 0 Å². The number of primary amides is 2. The van der Waals surface area contributed by atoms with Crippen molar-refractivity contribution in [3.63, 3.8) is 0 Å². The van der Waals surface area contributed by atoms with Crippen LogP contribution in [-0.4, -0.2) is 19.5 Å². The molecule has 0 atom stereocenters. The molecule has 0 aliphatic carbocycles. The minimum Gasteiger partial charge on any atom is -0.526 e. The zero-order valence-corrected chi connectivity index (χ0v) is 11.0. The van der Waals surface area contributed by atoms with Crippen molar-refractivity contribution in [3.8, 4) is 11.5 Å². The summed E-state index contributed by atoms with van der Waals surface area (Å²) in [7, 11) is 1.14. The highest BCUT2D eigenvalue weighted by Gasteiger charge is 2.05. The van der Waals surface area contributed by atoms with Gasteiger partial charge in [0.15, 0.2) is 0 Å². The highest BCUT2D eigenvalue weighted by molar-refractivity contribution is 6.20. The lowest BCUT2D eigenvalue weighted by atomic mass is 10.2. The van der Waals surface area contributed by atoms with Gasteiger partial charge in [0.2, 0.25) is 11.8 Å². The molecule has 0 unspecified atom stereocenters. The average molecular weight is 283 g/mol. The molecule has 0 aliphatic heterocycles. The smallest absolute Gasteiger partial charge is 0.526 e. The molecule has 7 heteroatoms. The maximum atomic E-state index is 10.9. The van der Waals surface area contributed by atoms with Crippen LogP contribution in [0.4, 0.5) is 0 Å². The molecule has 2 aromatic rings. The first kappa shape index (κ1) is 14.5. The Morgan fingerprint density at radius 3 is 1.33 bits per heavy atom. The number of benzene rings is 2. The molecule has 0 saturated heterocycles. The maximum absolute atomic E-state index is 10.9. The van der Waals surface area contributed by atoms with Gasteiger partial charge >= 0.3 is 7.69 Å². The first-order valence-electron chi connectivity index (χ1n) is 6.01. The summed E-state index contributed by atoms with van der Waals surface area (Å²) in [4.78, 5) is 21.8. The molecule has 0 aliphatic rings. The summed E-state index contributed by atoms with van der Waals surface area (Å²) in [6.07, 6.45) is 0. The largest absolute Gasteiger partial charge is 0.658 e. The van der Waals surface area contributed by atoms with Crippen LogP contribution in [0.3, 0.4) is 0 Å². The van der Waals surface area contributed by atoms with Crippen molar-refractivity contribution < 1.29 is 18.9 Å². The molecule has 0 heterocycles. The van der Waals surface area contributed by atoms with E-state index < -0.39 is 11.8 Å². The Morgan fingerprint density at radius 1 is 0.714 bits per heavy atom. The first-order chi connectivity index (χ1) is 10.1. The molecule has 0 saturated carbocycles. The SMILES string of the molecule is NC(=O)c1ccc(O[B]Oc2ccc(C(N)=O)cc2)cc1. The van der Waals surface area contributed by atoms with Gasteiger partial charge in [0.1, 0.15) is 11.5 Å². The Hall–Kier alpha value is -2.96. The fourth-order valence-electron chi connectivity index (χ4n) is 1.53. The van der Waals surface area contributed by atoms with Gasteiger partial charge < -0.3 is 20.8 Å². The predicted molar refractivity (Wildman–Crippen MR) is 76.9 cm³/mol. The summed E-state index contributed by atoms with van der Waals surface area (Å²) >= 11 is 0. The Morgan fingerprint density at radius 2 is 1.05 bits per heavy atom. The Bertz CT molecular complexity index is 584. The van der Waals surface area contributed by atoms with E-state index in [1.54, 1.807) is 48.5 Å². The predicted octanol–water partition coefficient (Wildman–Crippen LogP) is 0.876. The van der Waals surface area contributed by atoms with E-state index in [1.807, 2.05) is 0 Å². The molecule has 6 nitrogen and oxygen atoms in total. The van der Waals surface area contributed by atoms with Gasteiger partial charge in [0.25, 0.3) is 0 Å². The summed E-state index contributed by atoms with van der Waals surface area (Å²) in [5.41, 5.74) is 11.0. The molecule has 0 spiro atoms. The van der Waals surface area contributed by atoms with Crippen molar-refractivity contribution in [2.75, 3.05) is 0 Å². The Kier molecular flexibility index (Phi) is 4.45. The molecule has 0 aromatic heterocycles. The van der Waals surface area contributed by atoms with Gasteiger partial charge in [-0.1, -0.05) is 0 Å². The lowest BCUT2D eigenvalue weighted by Gasteiger charge is -2.07. The van der Waals surface area contributed by atoms with Crippen LogP contribution in [0.2, 0.25) is 0 Å². The molecule has 2 amide bonds. The third-order valence-electron chi connectivity index (χ3n) is 2.65. The molecule has 0 bridgehead atoms. The lowest BCUT2D eigenvalue weighted by molar-refractivity contribution is 0.0992. The van der Waals surface area contributed by atoms with E-state index in [2.05, 4.69) is 0 Å². The molecule has 0 fully saturated rings.